The number of amides is 2. The second-order valence-electron chi connectivity index (χ2n) is 7.52. The van der Waals surface area contributed by atoms with Crippen molar-refractivity contribution in [1.82, 2.24) is 20.6 Å². The Labute approximate surface area is 195 Å². The Balaban J connectivity index is 1.20. The van der Waals surface area contributed by atoms with Gasteiger partial charge in [-0.1, -0.05) is 54.6 Å². The fourth-order valence-electron chi connectivity index (χ4n) is 3.74. The van der Waals surface area contributed by atoms with Crippen molar-refractivity contribution in [2.75, 3.05) is 13.2 Å². The standard InChI is InChI=1S/C25H22N4O5/c30-23(29-14-22-27-12-16(13-28-22)24(31)32)10-5-11-26-25(33)34-15-21-19-8-3-1-6-17(19)18-7-2-4-9-20(18)21/h1-10,12-13,21H,11,14-15H2,(H,26,33)(H,29,30)(H,31,32)/b10-5+. The van der Waals surface area contributed by atoms with Crippen LogP contribution < -0.4 is 10.6 Å². The molecule has 0 saturated carbocycles. The minimum absolute atomic E-state index is 0.0220. The largest absolute Gasteiger partial charge is 0.478 e. The van der Waals surface area contributed by atoms with Gasteiger partial charge in [-0.2, -0.15) is 0 Å². The third-order valence-corrected chi connectivity index (χ3v) is 5.35. The van der Waals surface area contributed by atoms with E-state index in [4.69, 9.17) is 9.84 Å². The second kappa shape index (κ2) is 10.4. The zero-order valence-electron chi connectivity index (χ0n) is 18.1. The fraction of sp³-hybridized carbons (Fsp3) is 0.160. The lowest BCUT2D eigenvalue weighted by Gasteiger charge is -2.14. The summed E-state index contributed by atoms with van der Waals surface area (Å²) in [6.07, 6.45) is 4.54. The molecule has 3 aromatic rings. The van der Waals surface area contributed by atoms with Crippen molar-refractivity contribution in [3.8, 4) is 11.1 Å². The number of fused-ring (bicyclic) bond motifs is 3. The van der Waals surface area contributed by atoms with Crippen LogP contribution >= 0.6 is 0 Å². The van der Waals surface area contributed by atoms with Gasteiger partial charge in [-0.25, -0.2) is 19.6 Å². The van der Waals surface area contributed by atoms with Crippen molar-refractivity contribution < 1.29 is 24.2 Å². The van der Waals surface area contributed by atoms with Crippen molar-refractivity contribution in [2.45, 2.75) is 12.5 Å². The molecular weight excluding hydrogens is 436 g/mol. The molecule has 0 fully saturated rings. The van der Waals surface area contributed by atoms with Gasteiger partial charge >= 0.3 is 12.1 Å². The molecule has 1 aliphatic rings. The lowest BCUT2D eigenvalue weighted by molar-refractivity contribution is -0.116. The van der Waals surface area contributed by atoms with E-state index >= 15 is 0 Å². The number of carbonyl (C=O) groups is 3. The van der Waals surface area contributed by atoms with Gasteiger partial charge in [-0.3, -0.25) is 4.79 Å². The number of alkyl carbamates (subject to hydrolysis) is 1. The highest BCUT2D eigenvalue weighted by Gasteiger charge is 2.28. The highest BCUT2D eigenvalue weighted by atomic mass is 16.5. The Hall–Kier alpha value is -4.53. The Kier molecular flexibility index (Phi) is 6.92. The molecule has 0 aliphatic heterocycles. The number of rotatable bonds is 8. The number of hydrogen-bond donors (Lipinski definition) is 3. The van der Waals surface area contributed by atoms with Crippen LogP contribution in [0.3, 0.4) is 0 Å². The van der Waals surface area contributed by atoms with Crippen molar-refractivity contribution in [3.05, 3.63) is 95.6 Å². The number of benzene rings is 2. The molecule has 34 heavy (non-hydrogen) atoms. The van der Waals surface area contributed by atoms with Gasteiger partial charge in [0, 0.05) is 30.9 Å². The summed E-state index contributed by atoms with van der Waals surface area (Å²) in [5, 5.41) is 14.0. The molecule has 0 saturated heterocycles. The van der Waals surface area contributed by atoms with Gasteiger partial charge in [-0.15, -0.1) is 0 Å². The van der Waals surface area contributed by atoms with Crippen LogP contribution in [0.15, 0.2) is 73.1 Å². The third kappa shape index (κ3) is 5.26. The number of nitrogens with zero attached hydrogens (tertiary/aromatic N) is 2. The van der Waals surface area contributed by atoms with E-state index in [0.29, 0.717) is 0 Å². The van der Waals surface area contributed by atoms with Gasteiger partial charge in [0.2, 0.25) is 5.91 Å². The molecule has 9 heteroatoms. The van der Waals surface area contributed by atoms with Crippen molar-refractivity contribution in [2.24, 2.45) is 0 Å². The van der Waals surface area contributed by atoms with E-state index in [9.17, 15) is 14.4 Å². The molecule has 2 aromatic carbocycles. The van der Waals surface area contributed by atoms with Crippen molar-refractivity contribution >= 4 is 18.0 Å². The summed E-state index contributed by atoms with van der Waals surface area (Å²) in [6, 6.07) is 16.2. The maximum absolute atomic E-state index is 12.1. The Morgan fingerprint density at radius 3 is 2.18 bits per heavy atom. The zero-order chi connectivity index (χ0) is 23.9. The molecule has 172 valence electrons. The van der Waals surface area contributed by atoms with E-state index in [1.165, 1.54) is 24.5 Å². The summed E-state index contributed by atoms with van der Waals surface area (Å²) in [7, 11) is 0. The maximum Gasteiger partial charge on any atom is 0.407 e. The van der Waals surface area contributed by atoms with Crippen LogP contribution in [-0.2, 0) is 16.1 Å². The summed E-state index contributed by atoms with van der Waals surface area (Å²) in [5.74, 6) is -1.27. The Morgan fingerprint density at radius 1 is 0.941 bits per heavy atom. The first-order valence-corrected chi connectivity index (χ1v) is 10.6. The lowest BCUT2D eigenvalue weighted by atomic mass is 9.98. The average molecular weight is 458 g/mol. The van der Waals surface area contributed by atoms with E-state index in [1.54, 1.807) is 0 Å². The van der Waals surface area contributed by atoms with Gasteiger partial charge in [0.15, 0.2) is 0 Å². The molecule has 0 radical (unpaired) electrons. The Morgan fingerprint density at radius 2 is 1.56 bits per heavy atom. The van der Waals surface area contributed by atoms with Crippen molar-refractivity contribution in [3.63, 3.8) is 0 Å². The fourth-order valence-corrected chi connectivity index (χ4v) is 3.74. The number of nitrogens with one attached hydrogen (secondary N) is 2. The molecule has 0 bridgehead atoms. The van der Waals surface area contributed by atoms with Gasteiger partial charge < -0.3 is 20.5 Å². The minimum Gasteiger partial charge on any atom is -0.478 e. The summed E-state index contributed by atoms with van der Waals surface area (Å²) >= 11 is 0. The molecule has 9 nitrogen and oxygen atoms in total. The molecule has 0 atom stereocenters. The molecule has 1 aromatic heterocycles. The molecule has 1 aliphatic carbocycles. The molecule has 2 amide bonds. The summed E-state index contributed by atoms with van der Waals surface area (Å²) in [5.41, 5.74) is 4.55. The van der Waals surface area contributed by atoms with Crippen LogP contribution in [-0.4, -0.2) is 46.2 Å². The van der Waals surface area contributed by atoms with Crippen LogP contribution in [0.1, 0.15) is 33.2 Å². The zero-order valence-corrected chi connectivity index (χ0v) is 18.1. The van der Waals surface area contributed by atoms with Gasteiger partial charge in [0.05, 0.1) is 12.1 Å². The SMILES string of the molecule is O=C(/C=C/CNC(=O)OCC1c2ccccc2-c2ccccc21)NCc1ncc(C(=O)O)cn1. The molecule has 1 heterocycles. The molecule has 0 spiro atoms. The molecule has 3 N–H and O–H groups in total. The topological polar surface area (TPSA) is 131 Å². The van der Waals surface area contributed by atoms with Crippen molar-refractivity contribution in [1.29, 1.82) is 0 Å². The first-order chi connectivity index (χ1) is 16.5. The smallest absolute Gasteiger partial charge is 0.407 e. The quantitative estimate of drug-likeness (QED) is 0.443. The first kappa shape index (κ1) is 22.7. The average Bonchev–Trinajstić information content (AvgIpc) is 3.18. The van der Waals surface area contributed by atoms with Gasteiger partial charge in [0.25, 0.3) is 0 Å². The number of ether oxygens (including phenoxy) is 1. The Bertz CT molecular complexity index is 1190. The van der Waals surface area contributed by atoms with E-state index in [0.717, 1.165) is 22.3 Å². The van der Waals surface area contributed by atoms with Crippen LogP contribution in [0.2, 0.25) is 0 Å². The maximum atomic E-state index is 12.1. The van der Waals surface area contributed by atoms with Crippen LogP contribution in [0.5, 0.6) is 0 Å². The number of carboxylic acids is 1. The van der Waals surface area contributed by atoms with Gasteiger partial charge in [-0.05, 0) is 22.3 Å². The van der Waals surface area contributed by atoms with E-state index in [2.05, 4.69) is 32.7 Å². The number of carboxylic acid groups (broad SMARTS) is 1. The van der Waals surface area contributed by atoms with Crippen LogP contribution in [0.4, 0.5) is 4.79 Å². The van der Waals surface area contributed by atoms with E-state index in [-0.39, 0.29) is 37.0 Å². The summed E-state index contributed by atoms with van der Waals surface area (Å²) in [4.78, 5) is 42.5. The first-order valence-electron chi connectivity index (χ1n) is 10.6. The van der Waals surface area contributed by atoms with Gasteiger partial charge in [0.1, 0.15) is 12.4 Å². The minimum atomic E-state index is -1.12. The molecule has 0 unspecified atom stereocenters. The number of carbonyl (C=O) groups excluding carboxylic acids is 2. The normalized spacial score (nSPS) is 12.1. The van der Waals surface area contributed by atoms with E-state index < -0.39 is 18.0 Å². The molecular formula is C25H22N4O5. The predicted octanol–water partition coefficient (Wildman–Crippen LogP) is 2.89. The lowest BCUT2D eigenvalue weighted by Crippen LogP contribution is -2.27. The highest BCUT2D eigenvalue weighted by molar-refractivity contribution is 5.87. The number of aromatic carboxylic acids is 1. The molecule has 4 rings (SSSR count). The second-order valence-corrected chi connectivity index (χ2v) is 7.52. The van der Waals surface area contributed by atoms with Crippen LogP contribution in [0.25, 0.3) is 11.1 Å². The third-order valence-electron chi connectivity index (χ3n) is 5.35. The summed E-state index contributed by atoms with van der Waals surface area (Å²) in [6.45, 7) is 0.376. The number of hydrogen-bond acceptors (Lipinski definition) is 6. The highest BCUT2D eigenvalue weighted by Crippen LogP contribution is 2.44. The monoisotopic (exact) mass is 458 g/mol. The predicted molar refractivity (Wildman–Crippen MR) is 123 cm³/mol. The summed E-state index contributed by atoms with van der Waals surface area (Å²) < 4.78 is 5.44. The van der Waals surface area contributed by atoms with Crippen LogP contribution in [0, 0.1) is 0 Å². The van der Waals surface area contributed by atoms with E-state index in [1.807, 2.05) is 36.4 Å². The number of aromatic nitrogens is 2.